The Kier molecular flexibility index (Phi) is 6.55. The topological polar surface area (TPSA) is 130 Å². The number of ether oxygens (including phenoxy) is 1. The van der Waals surface area contributed by atoms with Gasteiger partial charge in [-0.15, -0.1) is 0 Å². The maximum absolute atomic E-state index is 12.2. The number of aliphatic hydroxyl groups is 1. The number of β-amino-alcohol motifs (C(OH)–C–C–N with tert-alkyl or cyclic N) is 1. The summed E-state index contributed by atoms with van der Waals surface area (Å²) < 4.78 is 27.8. The molecule has 2 atom stereocenters. The molecule has 0 spiro atoms. The predicted octanol–water partition coefficient (Wildman–Crippen LogP) is -0.0160. The number of aliphatic hydroxyl groups excluding tert-OH is 1. The van der Waals surface area contributed by atoms with Crippen LogP contribution in [0.5, 0.6) is 5.75 Å². The molecular formula is C17H22N2O7S. The van der Waals surface area contributed by atoms with Gasteiger partial charge in [-0.3, -0.25) is 14.5 Å². The molecule has 2 N–H and O–H groups in total. The molecule has 1 aromatic rings. The first-order valence-corrected chi connectivity index (χ1v) is 10.3. The van der Waals surface area contributed by atoms with Gasteiger partial charge in [0, 0.05) is 11.8 Å². The summed E-state index contributed by atoms with van der Waals surface area (Å²) >= 11 is 0. The third-order valence-electron chi connectivity index (χ3n) is 3.98. The van der Waals surface area contributed by atoms with Crippen LogP contribution in [0.1, 0.15) is 23.7 Å². The summed E-state index contributed by atoms with van der Waals surface area (Å²) in [6, 6.07) is 4.75. The van der Waals surface area contributed by atoms with Crippen molar-refractivity contribution >= 4 is 27.6 Å². The van der Waals surface area contributed by atoms with Crippen LogP contribution in [-0.2, 0) is 14.6 Å². The molecule has 1 fully saturated rings. The van der Waals surface area contributed by atoms with Gasteiger partial charge in [0.2, 0.25) is 0 Å². The van der Waals surface area contributed by atoms with Crippen molar-refractivity contribution in [2.24, 2.45) is 0 Å². The van der Waals surface area contributed by atoms with Crippen molar-refractivity contribution < 1.29 is 32.6 Å². The second-order valence-corrected chi connectivity index (χ2v) is 8.67. The molecule has 1 saturated heterocycles. The van der Waals surface area contributed by atoms with Gasteiger partial charge in [-0.25, -0.2) is 13.2 Å². The van der Waals surface area contributed by atoms with Gasteiger partial charge in [-0.1, -0.05) is 0 Å². The highest BCUT2D eigenvalue weighted by Crippen LogP contribution is 2.14. The van der Waals surface area contributed by atoms with Crippen LogP contribution >= 0.6 is 0 Å². The van der Waals surface area contributed by atoms with E-state index in [1.807, 2.05) is 0 Å². The second-order valence-electron chi connectivity index (χ2n) is 6.41. The van der Waals surface area contributed by atoms with Crippen molar-refractivity contribution in [2.75, 3.05) is 25.2 Å². The average molecular weight is 398 g/mol. The molecule has 0 saturated carbocycles. The van der Waals surface area contributed by atoms with Crippen molar-refractivity contribution in [3.8, 4) is 5.75 Å². The van der Waals surface area contributed by atoms with E-state index in [2.05, 4.69) is 5.32 Å². The maximum atomic E-state index is 12.2. The normalized spacial score (nSPS) is 18.3. The lowest BCUT2D eigenvalue weighted by atomic mass is 10.1. The lowest BCUT2D eigenvalue weighted by Crippen LogP contribution is -2.40. The number of ketones is 1. The van der Waals surface area contributed by atoms with Crippen LogP contribution in [0.4, 0.5) is 4.79 Å². The van der Waals surface area contributed by atoms with Crippen LogP contribution < -0.4 is 10.1 Å². The molecule has 148 valence electrons. The zero-order valence-corrected chi connectivity index (χ0v) is 15.9. The molecule has 3 amide bonds. The number of carbonyl (C=O) groups excluding carboxylic acids is 3. The zero-order chi connectivity index (χ0) is 20.2. The van der Waals surface area contributed by atoms with E-state index in [1.54, 1.807) is 24.3 Å². The van der Waals surface area contributed by atoms with Gasteiger partial charge in [-0.2, -0.15) is 0 Å². The predicted molar refractivity (Wildman–Crippen MR) is 96.3 cm³/mol. The molecule has 2 rings (SSSR count). The van der Waals surface area contributed by atoms with E-state index in [0.29, 0.717) is 11.3 Å². The fourth-order valence-electron chi connectivity index (χ4n) is 2.52. The summed E-state index contributed by atoms with van der Waals surface area (Å²) in [6.45, 7) is 1.01. The molecule has 0 unspecified atom stereocenters. The number of sulfone groups is 1. The number of hydrogen-bond donors (Lipinski definition) is 2. The van der Waals surface area contributed by atoms with Crippen LogP contribution in [0, 0.1) is 0 Å². The Balaban J connectivity index is 1.85. The number of Topliss-reactive ketones (excluding diaryl/α,β-unsaturated/α-hetero) is 1. The molecule has 1 heterocycles. The minimum absolute atomic E-state index is 0.0188. The Morgan fingerprint density at radius 3 is 2.48 bits per heavy atom. The third-order valence-corrected chi connectivity index (χ3v) is 4.96. The number of nitrogens with one attached hydrogen (secondary N) is 1. The lowest BCUT2D eigenvalue weighted by molar-refractivity contribution is -0.128. The molecule has 1 aromatic carbocycles. The number of amides is 3. The number of urea groups is 1. The van der Waals surface area contributed by atoms with Gasteiger partial charge < -0.3 is 15.2 Å². The molecule has 1 aliphatic rings. The molecule has 0 radical (unpaired) electrons. The van der Waals surface area contributed by atoms with Gasteiger partial charge in [0.1, 0.15) is 34.3 Å². The molecule has 10 heteroatoms. The van der Waals surface area contributed by atoms with Crippen LogP contribution in [0.3, 0.4) is 0 Å². The standard InChI is InChI=1S/C17H22N2O7S/c1-11(20)12-3-5-14(6-4-12)26-10-13(21)9-19-16(22)15(18-17(19)23)7-8-27(2,24)25/h3-6,13,15,21H,7-10H2,1-2H3,(H,18,23)/t13-,15-/m1/s1. The van der Waals surface area contributed by atoms with Gasteiger partial charge in [0.15, 0.2) is 5.78 Å². The van der Waals surface area contributed by atoms with E-state index in [1.165, 1.54) is 6.92 Å². The van der Waals surface area contributed by atoms with Crippen molar-refractivity contribution in [1.82, 2.24) is 10.2 Å². The van der Waals surface area contributed by atoms with Crippen LogP contribution in [0.15, 0.2) is 24.3 Å². The van der Waals surface area contributed by atoms with Crippen LogP contribution in [0.2, 0.25) is 0 Å². The SMILES string of the molecule is CC(=O)c1ccc(OC[C@H](O)CN2C(=O)N[C@H](CCS(C)(=O)=O)C2=O)cc1. The fraction of sp³-hybridized carbons (Fsp3) is 0.471. The summed E-state index contributed by atoms with van der Waals surface area (Å²) in [5, 5.41) is 12.5. The second kappa shape index (κ2) is 8.49. The summed E-state index contributed by atoms with van der Waals surface area (Å²) in [4.78, 5) is 36.2. The van der Waals surface area contributed by atoms with E-state index in [0.717, 1.165) is 11.2 Å². The summed E-state index contributed by atoms with van der Waals surface area (Å²) in [5.41, 5.74) is 0.530. The summed E-state index contributed by atoms with van der Waals surface area (Å²) in [5.74, 6) is -0.444. The Bertz CT molecular complexity index is 820. The van der Waals surface area contributed by atoms with Crippen LogP contribution in [0.25, 0.3) is 0 Å². The highest BCUT2D eigenvalue weighted by Gasteiger charge is 2.38. The lowest BCUT2D eigenvalue weighted by Gasteiger charge is -2.18. The molecule has 0 aliphatic carbocycles. The van der Waals surface area contributed by atoms with E-state index in [4.69, 9.17) is 4.74 Å². The largest absolute Gasteiger partial charge is 0.491 e. The molecule has 9 nitrogen and oxygen atoms in total. The highest BCUT2D eigenvalue weighted by atomic mass is 32.2. The van der Waals surface area contributed by atoms with Gasteiger partial charge in [0.05, 0.1) is 12.3 Å². The van der Waals surface area contributed by atoms with E-state index < -0.39 is 33.9 Å². The van der Waals surface area contributed by atoms with Crippen molar-refractivity contribution in [3.63, 3.8) is 0 Å². The van der Waals surface area contributed by atoms with E-state index in [-0.39, 0.29) is 31.1 Å². The first-order chi connectivity index (χ1) is 12.6. The number of rotatable bonds is 9. The molecule has 0 bridgehead atoms. The summed E-state index contributed by atoms with van der Waals surface area (Å²) in [7, 11) is -3.25. The smallest absolute Gasteiger partial charge is 0.324 e. The Labute approximate surface area is 157 Å². The number of imide groups is 1. The average Bonchev–Trinajstić information content (AvgIpc) is 2.85. The number of hydrogen-bond acceptors (Lipinski definition) is 7. The minimum atomic E-state index is -3.25. The first kappa shape index (κ1) is 20.8. The van der Waals surface area contributed by atoms with Crippen LogP contribution in [-0.4, -0.2) is 73.5 Å². The summed E-state index contributed by atoms with van der Waals surface area (Å²) in [6.07, 6.45) is -0.0914. The minimum Gasteiger partial charge on any atom is -0.491 e. The zero-order valence-electron chi connectivity index (χ0n) is 15.0. The molecule has 1 aliphatic heterocycles. The Hall–Kier alpha value is -2.46. The number of nitrogens with zero attached hydrogens (tertiary/aromatic N) is 1. The quantitative estimate of drug-likeness (QED) is 0.442. The first-order valence-electron chi connectivity index (χ1n) is 8.28. The number of benzene rings is 1. The molecule has 27 heavy (non-hydrogen) atoms. The highest BCUT2D eigenvalue weighted by molar-refractivity contribution is 7.90. The van der Waals surface area contributed by atoms with E-state index in [9.17, 15) is 27.9 Å². The van der Waals surface area contributed by atoms with Gasteiger partial charge >= 0.3 is 6.03 Å². The van der Waals surface area contributed by atoms with Crippen molar-refractivity contribution in [2.45, 2.75) is 25.5 Å². The van der Waals surface area contributed by atoms with Gasteiger partial charge in [0.25, 0.3) is 5.91 Å². The Morgan fingerprint density at radius 1 is 1.30 bits per heavy atom. The molecular weight excluding hydrogens is 376 g/mol. The maximum Gasteiger partial charge on any atom is 0.324 e. The fourth-order valence-corrected chi connectivity index (χ4v) is 3.18. The monoisotopic (exact) mass is 398 g/mol. The molecule has 0 aromatic heterocycles. The third kappa shape index (κ3) is 6.04. The van der Waals surface area contributed by atoms with Crippen molar-refractivity contribution in [3.05, 3.63) is 29.8 Å². The number of carbonyl (C=O) groups is 3. The van der Waals surface area contributed by atoms with Crippen molar-refractivity contribution in [1.29, 1.82) is 0 Å². The van der Waals surface area contributed by atoms with Gasteiger partial charge in [-0.05, 0) is 37.6 Å². The Morgan fingerprint density at radius 2 is 1.93 bits per heavy atom. The van der Waals surface area contributed by atoms with E-state index >= 15 is 0 Å².